The van der Waals surface area contributed by atoms with Gasteiger partial charge in [-0.3, -0.25) is 9.69 Å². The maximum absolute atomic E-state index is 13.1. The zero-order chi connectivity index (χ0) is 37.0. The summed E-state index contributed by atoms with van der Waals surface area (Å²) in [5.74, 6) is 3.04. The van der Waals surface area contributed by atoms with Crippen molar-refractivity contribution < 1.29 is 28.1 Å². The summed E-state index contributed by atoms with van der Waals surface area (Å²) in [7, 11) is 1.64. The highest BCUT2D eigenvalue weighted by atomic mass is 19.1. The molecule has 1 fully saturated rings. The number of carbonyl (C=O) groups excluding carboxylic acids is 1. The van der Waals surface area contributed by atoms with E-state index in [1.807, 2.05) is 79.4 Å². The van der Waals surface area contributed by atoms with Crippen molar-refractivity contribution >= 4 is 18.1 Å². The molecule has 0 aliphatic carbocycles. The van der Waals surface area contributed by atoms with E-state index in [0.29, 0.717) is 43.7 Å². The fourth-order valence-electron chi connectivity index (χ4n) is 6.00. The van der Waals surface area contributed by atoms with Crippen LogP contribution in [0.4, 0.5) is 4.39 Å². The maximum atomic E-state index is 13.1. The molecule has 9 heteroatoms. The van der Waals surface area contributed by atoms with Gasteiger partial charge in [0.05, 0.1) is 13.3 Å². The van der Waals surface area contributed by atoms with Gasteiger partial charge in [0.15, 0.2) is 0 Å². The van der Waals surface area contributed by atoms with Crippen molar-refractivity contribution in [1.82, 2.24) is 14.8 Å². The molecule has 0 spiro atoms. The molecule has 53 heavy (non-hydrogen) atoms. The van der Waals surface area contributed by atoms with E-state index in [4.69, 9.17) is 18.9 Å². The molecule has 1 saturated heterocycles. The van der Waals surface area contributed by atoms with Gasteiger partial charge in [0.2, 0.25) is 11.8 Å². The lowest BCUT2D eigenvalue weighted by Gasteiger charge is -2.34. The number of hydrogen-bond acceptors (Lipinski definition) is 7. The third-order valence-corrected chi connectivity index (χ3v) is 8.92. The van der Waals surface area contributed by atoms with Crippen molar-refractivity contribution in [3.8, 4) is 28.9 Å². The molecule has 8 nitrogen and oxygen atoms in total. The Morgan fingerprint density at radius 1 is 0.755 bits per heavy atom. The molecule has 1 aliphatic heterocycles. The summed E-state index contributed by atoms with van der Waals surface area (Å²) in [5, 5.41) is 0. The predicted octanol–water partition coefficient (Wildman–Crippen LogP) is 8.67. The average molecular weight is 714 g/mol. The lowest BCUT2D eigenvalue weighted by molar-refractivity contribution is -0.127. The van der Waals surface area contributed by atoms with E-state index in [2.05, 4.69) is 34.1 Å². The van der Waals surface area contributed by atoms with Gasteiger partial charge in [-0.25, -0.2) is 9.37 Å². The molecule has 1 amide bonds. The monoisotopic (exact) mass is 713 g/mol. The van der Waals surface area contributed by atoms with Gasteiger partial charge in [-0.15, -0.1) is 0 Å². The molecule has 0 saturated carbocycles. The topological polar surface area (TPSA) is 73.4 Å². The first-order valence-corrected chi connectivity index (χ1v) is 17.7. The van der Waals surface area contributed by atoms with Gasteiger partial charge in [0.25, 0.3) is 0 Å². The summed E-state index contributed by atoms with van der Waals surface area (Å²) < 4.78 is 35.9. The minimum atomic E-state index is -0.279. The van der Waals surface area contributed by atoms with Crippen LogP contribution in [0.25, 0.3) is 12.2 Å². The number of pyridine rings is 1. The first-order chi connectivity index (χ1) is 25.8. The molecule has 5 aromatic rings. The van der Waals surface area contributed by atoms with E-state index in [-0.39, 0.29) is 11.7 Å². The standard InChI is InChI=1S/C44H44FN3O5/c1-32-27-37(28-33(2)44(32)53-42-20-19-41(29-46-42)52-31-36-10-15-39(50-3)16-11-36)12-21-43(49)48-24-22-47(23-25-48)30-35-8-6-34(7-9-35)5-4-26-51-40-17-13-38(45)14-18-40/h4-21,27-29H,22-26,30-31H2,1-3H3. The molecule has 1 aliphatic rings. The van der Waals surface area contributed by atoms with E-state index < -0.39 is 0 Å². The maximum Gasteiger partial charge on any atom is 0.246 e. The van der Waals surface area contributed by atoms with E-state index in [0.717, 1.165) is 59.0 Å². The Hall–Kier alpha value is -5.93. The minimum absolute atomic E-state index is 0.0123. The molecule has 2 heterocycles. The molecular weight excluding hydrogens is 669 g/mol. The van der Waals surface area contributed by atoms with Gasteiger partial charge in [-0.2, -0.15) is 0 Å². The molecule has 0 radical (unpaired) electrons. The van der Waals surface area contributed by atoms with Crippen molar-refractivity contribution in [3.05, 3.63) is 155 Å². The van der Waals surface area contributed by atoms with Crippen LogP contribution in [0.1, 0.15) is 33.4 Å². The number of carbonyl (C=O) groups is 1. The molecule has 1 aromatic heterocycles. The van der Waals surface area contributed by atoms with Crippen LogP contribution in [0.3, 0.4) is 0 Å². The summed E-state index contributed by atoms with van der Waals surface area (Å²) in [4.78, 5) is 21.8. The largest absolute Gasteiger partial charge is 0.497 e. The third kappa shape index (κ3) is 10.8. The van der Waals surface area contributed by atoms with Crippen LogP contribution in [-0.2, 0) is 17.9 Å². The lowest BCUT2D eigenvalue weighted by Crippen LogP contribution is -2.47. The van der Waals surface area contributed by atoms with Crippen molar-refractivity contribution in [2.75, 3.05) is 39.9 Å². The third-order valence-electron chi connectivity index (χ3n) is 8.92. The number of amides is 1. The molecule has 6 rings (SSSR count). The number of benzene rings is 4. The average Bonchev–Trinajstić information content (AvgIpc) is 3.18. The van der Waals surface area contributed by atoms with Gasteiger partial charge in [0.1, 0.15) is 42.0 Å². The summed E-state index contributed by atoms with van der Waals surface area (Å²) in [6.07, 6.45) is 9.14. The number of ether oxygens (including phenoxy) is 4. The fraction of sp³-hybridized carbons (Fsp3) is 0.227. The second kappa shape index (κ2) is 18.0. The van der Waals surface area contributed by atoms with Crippen molar-refractivity contribution in [2.45, 2.75) is 27.0 Å². The Labute approximate surface area is 310 Å². The van der Waals surface area contributed by atoms with Crippen LogP contribution >= 0.6 is 0 Å². The second-order valence-corrected chi connectivity index (χ2v) is 12.9. The van der Waals surface area contributed by atoms with Gasteiger partial charge >= 0.3 is 0 Å². The Kier molecular flexibility index (Phi) is 12.5. The van der Waals surface area contributed by atoms with Crippen LogP contribution in [0.15, 0.2) is 115 Å². The highest BCUT2D eigenvalue weighted by Crippen LogP contribution is 2.30. The first-order valence-electron chi connectivity index (χ1n) is 17.7. The molecule has 4 aromatic carbocycles. The first kappa shape index (κ1) is 36.8. The number of rotatable bonds is 14. The second-order valence-electron chi connectivity index (χ2n) is 12.9. The lowest BCUT2D eigenvalue weighted by atomic mass is 10.1. The normalized spacial score (nSPS) is 13.4. The van der Waals surface area contributed by atoms with Gasteiger partial charge in [0, 0.05) is 44.9 Å². The highest BCUT2D eigenvalue weighted by molar-refractivity contribution is 5.92. The zero-order valence-electron chi connectivity index (χ0n) is 30.3. The summed E-state index contributed by atoms with van der Waals surface area (Å²) in [6.45, 7) is 8.64. The van der Waals surface area contributed by atoms with E-state index in [9.17, 15) is 9.18 Å². The Balaban J connectivity index is 0.928. The SMILES string of the molecule is COc1ccc(COc2ccc(Oc3c(C)cc(C=CC(=O)N4CCN(Cc5ccc(C=CCOc6ccc(F)cc6)cc5)CC4)cc3C)nc2)cc1. The molecule has 0 unspecified atom stereocenters. The Bertz CT molecular complexity index is 1980. The zero-order valence-corrected chi connectivity index (χ0v) is 30.3. The fourth-order valence-corrected chi connectivity index (χ4v) is 6.00. The van der Waals surface area contributed by atoms with Gasteiger partial charge in [-0.05, 0) is 114 Å². The summed E-state index contributed by atoms with van der Waals surface area (Å²) >= 11 is 0. The predicted molar refractivity (Wildman–Crippen MR) is 206 cm³/mol. The molecule has 0 N–H and O–H groups in total. The molecule has 0 atom stereocenters. The number of halogens is 1. The minimum Gasteiger partial charge on any atom is -0.497 e. The summed E-state index contributed by atoms with van der Waals surface area (Å²) in [6, 6.07) is 29.8. The van der Waals surface area contributed by atoms with E-state index >= 15 is 0 Å². The summed E-state index contributed by atoms with van der Waals surface area (Å²) in [5.41, 5.74) is 6.18. The number of nitrogens with zero attached hydrogens (tertiary/aromatic N) is 3. The van der Waals surface area contributed by atoms with E-state index in [1.165, 1.54) is 17.7 Å². The van der Waals surface area contributed by atoms with Crippen LogP contribution in [-0.4, -0.2) is 60.6 Å². The highest BCUT2D eigenvalue weighted by Gasteiger charge is 2.20. The van der Waals surface area contributed by atoms with Crippen molar-refractivity contribution in [3.63, 3.8) is 0 Å². The number of piperazine rings is 1. The quantitative estimate of drug-likeness (QED) is 0.107. The molecule has 0 bridgehead atoms. The van der Waals surface area contributed by atoms with Crippen LogP contribution in [0.5, 0.6) is 28.9 Å². The van der Waals surface area contributed by atoms with Crippen LogP contribution in [0.2, 0.25) is 0 Å². The van der Waals surface area contributed by atoms with E-state index in [1.54, 1.807) is 37.6 Å². The molecular formula is C44H44FN3O5. The smallest absolute Gasteiger partial charge is 0.246 e. The van der Waals surface area contributed by atoms with Gasteiger partial charge < -0.3 is 23.8 Å². The van der Waals surface area contributed by atoms with Crippen molar-refractivity contribution in [1.29, 1.82) is 0 Å². The Morgan fingerprint density at radius 3 is 2.08 bits per heavy atom. The Morgan fingerprint density at radius 2 is 1.42 bits per heavy atom. The molecule has 272 valence electrons. The van der Waals surface area contributed by atoms with Crippen LogP contribution in [0, 0.1) is 19.7 Å². The van der Waals surface area contributed by atoms with Gasteiger partial charge in [-0.1, -0.05) is 42.5 Å². The van der Waals surface area contributed by atoms with Crippen molar-refractivity contribution in [2.24, 2.45) is 0 Å². The number of methoxy groups -OCH3 is 1. The number of hydrogen-bond donors (Lipinski definition) is 0. The number of aromatic nitrogens is 1. The number of aryl methyl sites for hydroxylation is 2. The van der Waals surface area contributed by atoms with Crippen LogP contribution < -0.4 is 18.9 Å².